The van der Waals surface area contributed by atoms with Gasteiger partial charge < -0.3 is 14.7 Å². The Balaban J connectivity index is 1.41. The van der Waals surface area contributed by atoms with Gasteiger partial charge in [0, 0.05) is 42.8 Å². The van der Waals surface area contributed by atoms with Gasteiger partial charge in [-0.3, -0.25) is 9.59 Å². The summed E-state index contributed by atoms with van der Waals surface area (Å²) in [6.07, 6.45) is 1.52. The third-order valence-electron chi connectivity index (χ3n) is 5.67. The van der Waals surface area contributed by atoms with E-state index in [9.17, 15) is 14.0 Å². The van der Waals surface area contributed by atoms with Gasteiger partial charge in [-0.15, -0.1) is 0 Å². The minimum atomic E-state index is -0.411. The van der Waals surface area contributed by atoms with Crippen molar-refractivity contribution in [3.05, 3.63) is 64.4 Å². The zero-order valence-corrected chi connectivity index (χ0v) is 17.6. The highest BCUT2D eigenvalue weighted by Gasteiger charge is 2.37. The number of amides is 2. The predicted octanol–water partition coefficient (Wildman–Crippen LogP) is 3.54. The van der Waals surface area contributed by atoms with E-state index in [1.807, 2.05) is 28.0 Å². The fourth-order valence-electron chi connectivity index (χ4n) is 4.11. The summed E-state index contributed by atoms with van der Waals surface area (Å²) in [6, 6.07) is 13.5. The van der Waals surface area contributed by atoms with Crippen molar-refractivity contribution in [2.24, 2.45) is 0 Å². The summed E-state index contributed by atoms with van der Waals surface area (Å²) in [4.78, 5) is 31.6. The molecule has 2 aliphatic heterocycles. The van der Waals surface area contributed by atoms with Crippen molar-refractivity contribution in [1.82, 2.24) is 9.80 Å². The number of hydrogen-bond acceptors (Lipinski definition) is 3. The molecule has 2 aromatic rings. The molecule has 2 saturated heterocycles. The number of rotatable bonds is 3. The fraction of sp³-hybridized carbons (Fsp3) is 0.364. The van der Waals surface area contributed by atoms with Gasteiger partial charge in [0.05, 0.1) is 5.69 Å². The Labute approximate surface area is 178 Å². The predicted molar refractivity (Wildman–Crippen MR) is 113 cm³/mol. The average molecular weight is 460 g/mol. The maximum atomic E-state index is 14.0. The molecule has 0 N–H and O–H groups in total. The van der Waals surface area contributed by atoms with E-state index in [2.05, 4.69) is 15.9 Å². The molecule has 0 saturated carbocycles. The first-order chi connectivity index (χ1) is 14.0. The molecule has 0 aromatic heterocycles. The smallest absolute Gasteiger partial charge is 0.254 e. The molecule has 0 aliphatic carbocycles. The van der Waals surface area contributed by atoms with E-state index in [1.165, 1.54) is 6.07 Å². The molecule has 2 amide bonds. The molecule has 0 radical (unpaired) electrons. The van der Waals surface area contributed by atoms with E-state index in [0.717, 1.165) is 10.9 Å². The van der Waals surface area contributed by atoms with Gasteiger partial charge in [-0.25, -0.2) is 4.39 Å². The average Bonchev–Trinajstić information content (AvgIpc) is 3.24. The number of carbonyl (C=O) groups excluding carboxylic acids is 2. The molecule has 0 spiro atoms. The number of nitrogens with zero attached hydrogens (tertiary/aromatic N) is 3. The number of anilines is 1. The van der Waals surface area contributed by atoms with E-state index in [-0.39, 0.29) is 17.6 Å². The highest BCUT2D eigenvalue weighted by Crippen LogP contribution is 2.25. The Morgan fingerprint density at radius 1 is 0.931 bits per heavy atom. The van der Waals surface area contributed by atoms with Crippen LogP contribution in [-0.4, -0.2) is 60.4 Å². The molecule has 0 bridgehead atoms. The van der Waals surface area contributed by atoms with Crippen LogP contribution in [-0.2, 0) is 4.79 Å². The number of benzene rings is 2. The number of halogens is 2. The van der Waals surface area contributed by atoms with Gasteiger partial charge >= 0.3 is 0 Å². The summed E-state index contributed by atoms with van der Waals surface area (Å²) in [7, 11) is 0. The third kappa shape index (κ3) is 4.15. The Morgan fingerprint density at radius 3 is 2.31 bits per heavy atom. The lowest BCUT2D eigenvalue weighted by Crippen LogP contribution is -2.54. The largest absolute Gasteiger partial charge is 0.366 e. The van der Waals surface area contributed by atoms with E-state index in [1.54, 1.807) is 29.2 Å². The standard InChI is InChI=1S/C22H23BrFN3O2/c23-17-9-7-16(8-10-17)21(28)27-11-3-6-20(27)22(29)26-14-12-25(13-15-26)19-5-2-1-4-18(19)24/h1-2,4-5,7-10,20H,3,6,11-15H2. The molecule has 5 nitrogen and oxygen atoms in total. The van der Waals surface area contributed by atoms with Crippen LogP contribution in [0.15, 0.2) is 53.0 Å². The molecule has 2 aromatic carbocycles. The molecule has 2 fully saturated rings. The van der Waals surface area contributed by atoms with Crippen LogP contribution in [0, 0.1) is 5.82 Å². The second-order valence-electron chi connectivity index (χ2n) is 7.43. The zero-order chi connectivity index (χ0) is 20.4. The first-order valence-electron chi connectivity index (χ1n) is 9.89. The molecular weight excluding hydrogens is 437 g/mol. The molecule has 2 heterocycles. The van der Waals surface area contributed by atoms with Crippen molar-refractivity contribution in [1.29, 1.82) is 0 Å². The fourth-order valence-corrected chi connectivity index (χ4v) is 4.38. The van der Waals surface area contributed by atoms with Crippen molar-refractivity contribution in [2.75, 3.05) is 37.6 Å². The van der Waals surface area contributed by atoms with Gasteiger partial charge in [0.15, 0.2) is 0 Å². The van der Waals surface area contributed by atoms with Crippen molar-refractivity contribution in [3.8, 4) is 0 Å². The summed E-state index contributed by atoms with van der Waals surface area (Å²) in [5.41, 5.74) is 1.17. The lowest BCUT2D eigenvalue weighted by Gasteiger charge is -2.38. The number of carbonyl (C=O) groups is 2. The Hall–Kier alpha value is -2.41. The minimum absolute atomic E-state index is 0.00106. The second kappa shape index (κ2) is 8.53. The van der Waals surface area contributed by atoms with Crippen LogP contribution < -0.4 is 4.90 Å². The second-order valence-corrected chi connectivity index (χ2v) is 8.34. The summed E-state index contributed by atoms with van der Waals surface area (Å²) >= 11 is 3.38. The van der Waals surface area contributed by atoms with Crippen molar-refractivity contribution < 1.29 is 14.0 Å². The van der Waals surface area contributed by atoms with Crippen molar-refractivity contribution in [3.63, 3.8) is 0 Å². The lowest BCUT2D eigenvalue weighted by atomic mass is 10.1. The number of para-hydroxylation sites is 1. The topological polar surface area (TPSA) is 43.9 Å². The first kappa shape index (κ1) is 19.9. The summed E-state index contributed by atoms with van der Waals surface area (Å²) < 4.78 is 14.9. The molecule has 4 rings (SSSR count). The van der Waals surface area contributed by atoms with Crippen LogP contribution >= 0.6 is 15.9 Å². The molecule has 29 heavy (non-hydrogen) atoms. The van der Waals surface area contributed by atoms with Crippen molar-refractivity contribution >= 4 is 33.4 Å². The summed E-state index contributed by atoms with van der Waals surface area (Å²) in [6.45, 7) is 2.83. The number of hydrogen-bond donors (Lipinski definition) is 0. The van der Waals surface area contributed by atoms with Gasteiger partial charge in [-0.2, -0.15) is 0 Å². The zero-order valence-electron chi connectivity index (χ0n) is 16.1. The molecule has 7 heteroatoms. The quantitative estimate of drug-likeness (QED) is 0.704. The Kier molecular flexibility index (Phi) is 5.85. The third-order valence-corrected chi connectivity index (χ3v) is 6.20. The minimum Gasteiger partial charge on any atom is -0.366 e. The summed E-state index contributed by atoms with van der Waals surface area (Å²) in [5.74, 6) is -0.339. The van der Waals surface area contributed by atoms with Gasteiger partial charge in [0.2, 0.25) is 5.91 Å². The Morgan fingerprint density at radius 2 is 1.62 bits per heavy atom. The number of piperazine rings is 1. The van der Waals surface area contributed by atoms with Gasteiger partial charge in [0.1, 0.15) is 11.9 Å². The Bertz CT molecular complexity index is 897. The van der Waals surface area contributed by atoms with Gasteiger partial charge in [-0.1, -0.05) is 28.1 Å². The highest BCUT2D eigenvalue weighted by molar-refractivity contribution is 9.10. The van der Waals surface area contributed by atoms with Crippen LogP contribution in [0.25, 0.3) is 0 Å². The van der Waals surface area contributed by atoms with E-state index in [4.69, 9.17) is 0 Å². The lowest BCUT2D eigenvalue weighted by molar-refractivity contribution is -0.135. The normalized spacial score (nSPS) is 19.5. The monoisotopic (exact) mass is 459 g/mol. The number of likely N-dealkylation sites (tertiary alicyclic amines) is 1. The molecule has 1 unspecified atom stereocenters. The molecule has 1 atom stereocenters. The molecular formula is C22H23BrFN3O2. The van der Waals surface area contributed by atoms with Gasteiger partial charge in [-0.05, 0) is 49.2 Å². The first-order valence-corrected chi connectivity index (χ1v) is 10.7. The van der Waals surface area contributed by atoms with Crippen molar-refractivity contribution in [2.45, 2.75) is 18.9 Å². The molecule has 2 aliphatic rings. The maximum Gasteiger partial charge on any atom is 0.254 e. The van der Waals surface area contributed by atoms with Crippen LogP contribution in [0.2, 0.25) is 0 Å². The van der Waals surface area contributed by atoms with Crippen LogP contribution in [0.1, 0.15) is 23.2 Å². The highest BCUT2D eigenvalue weighted by atomic mass is 79.9. The SMILES string of the molecule is O=C(C1CCCN1C(=O)c1ccc(Br)cc1)N1CCN(c2ccccc2F)CC1. The van der Waals surface area contributed by atoms with Crippen LogP contribution in [0.4, 0.5) is 10.1 Å². The summed E-state index contributed by atoms with van der Waals surface area (Å²) in [5, 5.41) is 0. The maximum absolute atomic E-state index is 14.0. The van der Waals surface area contributed by atoms with E-state index in [0.29, 0.717) is 50.4 Å². The van der Waals surface area contributed by atoms with Crippen LogP contribution in [0.5, 0.6) is 0 Å². The van der Waals surface area contributed by atoms with E-state index >= 15 is 0 Å². The van der Waals surface area contributed by atoms with E-state index < -0.39 is 6.04 Å². The van der Waals surface area contributed by atoms with Gasteiger partial charge in [0.25, 0.3) is 5.91 Å². The van der Waals surface area contributed by atoms with Crippen LogP contribution in [0.3, 0.4) is 0 Å². The molecule has 152 valence electrons.